The molecule has 10 heteroatoms. The van der Waals surface area contributed by atoms with Gasteiger partial charge in [0.1, 0.15) is 11.2 Å². The predicted molar refractivity (Wildman–Crippen MR) is 99.6 cm³/mol. The van der Waals surface area contributed by atoms with E-state index < -0.39 is 6.03 Å². The van der Waals surface area contributed by atoms with Gasteiger partial charge in [0.25, 0.3) is 0 Å². The molecule has 2 amide bonds. The zero-order valence-corrected chi connectivity index (χ0v) is 14.1. The number of amides is 2. The van der Waals surface area contributed by atoms with E-state index in [2.05, 4.69) is 30.8 Å². The van der Waals surface area contributed by atoms with Gasteiger partial charge in [-0.3, -0.25) is 4.98 Å². The fourth-order valence-electron chi connectivity index (χ4n) is 2.67. The summed E-state index contributed by atoms with van der Waals surface area (Å²) in [7, 11) is 0. The first-order valence-corrected chi connectivity index (χ1v) is 8.03. The molecule has 5 N–H and O–H groups in total. The number of nitrogens with one attached hydrogen (secondary N) is 1. The summed E-state index contributed by atoms with van der Waals surface area (Å²) >= 11 is 0. The normalized spacial score (nSPS) is 11.8. The Morgan fingerprint density at radius 2 is 2.00 bits per heavy atom. The third kappa shape index (κ3) is 3.35. The van der Waals surface area contributed by atoms with E-state index in [9.17, 15) is 4.79 Å². The smallest absolute Gasteiger partial charge is 0.332 e. The SMILES string of the molecule is NC(=O)N/N=C(\N)c1ccc2nnn(Cc3ccc4ncccc4c3)c2n1. The number of nitrogens with zero attached hydrogens (tertiary/aromatic N) is 6. The molecule has 4 aromatic rings. The van der Waals surface area contributed by atoms with Crippen LogP contribution in [0.4, 0.5) is 4.79 Å². The highest BCUT2D eigenvalue weighted by Crippen LogP contribution is 2.16. The lowest BCUT2D eigenvalue weighted by Gasteiger charge is -2.05. The summed E-state index contributed by atoms with van der Waals surface area (Å²) in [4.78, 5) is 19.5. The van der Waals surface area contributed by atoms with Crippen molar-refractivity contribution in [2.24, 2.45) is 16.6 Å². The van der Waals surface area contributed by atoms with Crippen LogP contribution in [0.3, 0.4) is 0 Å². The minimum absolute atomic E-state index is 0.0280. The number of fused-ring (bicyclic) bond motifs is 2. The number of primary amides is 1. The van der Waals surface area contributed by atoms with E-state index in [0.29, 0.717) is 23.4 Å². The van der Waals surface area contributed by atoms with Crippen molar-refractivity contribution in [3.05, 3.63) is 59.9 Å². The number of rotatable bonds is 4. The van der Waals surface area contributed by atoms with Gasteiger partial charge in [-0.15, -0.1) is 5.10 Å². The highest BCUT2D eigenvalue weighted by atomic mass is 16.2. The van der Waals surface area contributed by atoms with Crippen LogP contribution in [0.2, 0.25) is 0 Å². The van der Waals surface area contributed by atoms with E-state index in [1.165, 1.54) is 0 Å². The van der Waals surface area contributed by atoms with Crippen LogP contribution >= 0.6 is 0 Å². The number of hydrazone groups is 1. The van der Waals surface area contributed by atoms with Gasteiger partial charge < -0.3 is 11.5 Å². The van der Waals surface area contributed by atoms with Crippen molar-refractivity contribution in [1.29, 1.82) is 0 Å². The standard InChI is InChI=1S/C17H15N9O/c18-15(23-24-17(19)27)13-5-6-14-16(21-13)26(25-22-14)9-10-3-4-12-11(8-10)2-1-7-20-12/h1-8H,9H2,(H2,18,23)(H3,19,24,27). The van der Waals surface area contributed by atoms with Crippen molar-refractivity contribution in [3.8, 4) is 0 Å². The van der Waals surface area contributed by atoms with E-state index in [-0.39, 0.29) is 5.84 Å². The molecule has 0 saturated carbocycles. The Kier molecular flexibility index (Phi) is 4.05. The minimum atomic E-state index is -0.809. The Morgan fingerprint density at radius 1 is 1.15 bits per heavy atom. The van der Waals surface area contributed by atoms with Gasteiger partial charge in [0, 0.05) is 11.6 Å². The predicted octanol–water partition coefficient (Wildman–Crippen LogP) is 0.711. The molecule has 0 bridgehead atoms. The third-order valence-electron chi connectivity index (χ3n) is 3.91. The van der Waals surface area contributed by atoms with Gasteiger partial charge in [-0.25, -0.2) is 19.9 Å². The molecule has 10 nitrogen and oxygen atoms in total. The summed E-state index contributed by atoms with van der Waals surface area (Å²) in [5.74, 6) is 0.0280. The van der Waals surface area contributed by atoms with Crippen LogP contribution < -0.4 is 16.9 Å². The molecule has 0 atom stereocenters. The maximum atomic E-state index is 10.8. The molecule has 0 saturated heterocycles. The van der Waals surface area contributed by atoms with Crippen molar-refractivity contribution in [3.63, 3.8) is 0 Å². The molecule has 3 aromatic heterocycles. The molecule has 1 aromatic carbocycles. The fourth-order valence-corrected chi connectivity index (χ4v) is 2.67. The van der Waals surface area contributed by atoms with Gasteiger partial charge in [0.15, 0.2) is 11.5 Å². The molecule has 27 heavy (non-hydrogen) atoms. The Balaban J connectivity index is 1.67. The summed E-state index contributed by atoms with van der Waals surface area (Å²) in [5, 5.41) is 13.0. The molecule has 0 fully saturated rings. The van der Waals surface area contributed by atoms with Gasteiger partial charge in [0.2, 0.25) is 0 Å². The first-order chi connectivity index (χ1) is 13.1. The van der Waals surface area contributed by atoms with E-state index in [4.69, 9.17) is 11.5 Å². The van der Waals surface area contributed by atoms with E-state index in [1.807, 2.05) is 30.3 Å². The molecule has 0 unspecified atom stereocenters. The lowest BCUT2D eigenvalue weighted by Crippen LogP contribution is -2.28. The zero-order valence-electron chi connectivity index (χ0n) is 14.1. The van der Waals surface area contributed by atoms with Crippen LogP contribution in [0, 0.1) is 0 Å². The Morgan fingerprint density at radius 3 is 2.85 bits per heavy atom. The average molecular weight is 361 g/mol. The average Bonchev–Trinajstić information content (AvgIpc) is 3.08. The largest absolute Gasteiger partial charge is 0.380 e. The lowest BCUT2D eigenvalue weighted by molar-refractivity contribution is 0.249. The zero-order chi connectivity index (χ0) is 18.8. The number of pyridine rings is 2. The second-order valence-electron chi connectivity index (χ2n) is 5.79. The van der Waals surface area contributed by atoms with Gasteiger partial charge in [0.05, 0.1) is 12.1 Å². The lowest BCUT2D eigenvalue weighted by atomic mass is 10.1. The molecule has 0 spiro atoms. The summed E-state index contributed by atoms with van der Waals surface area (Å²) in [6.07, 6.45) is 1.76. The Hall–Kier alpha value is -4.08. The number of amidine groups is 1. The molecule has 0 aliphatic heterocycles. The molecular formula is C17H15N9O. The minimum Gasteiger partial charge on any atom is -0.380 e. The third-order valence-corrected chi connectivity index (χ3v) is 3.91. The molecule has 0 aliphatic rings. The van der Waals surface area contributed by atoms with Crippen molar-refractivity contribution < 1.29 is 4.79 Å². The molecule has 3 heterocycles. The van der Waals surface area contributed by atoms with Gasteiger partial charge >= 0.3 is 6.03 Å². The molecule has 134 valence electrons. The Bertz CT molecular complexity index is 1180. The molecule has 0 radical (unpaired) electrons. The van der Waals surface area contributed by atoms with Crippen molar-refractivity contribution in [1.82, 2.24) is 30.4 Å². The van der Waals surface area contributed by atoms with Crippen molar-refractivity contribution in [2.45, 2.75) is 6.54 Å². The first-order valence-electron chi connectivity index (χ1n) is 8.03. The van der Waals surface area contributed by atoms with Crippen LogP contribution in [0.5, 0.6) is 0 Å². The van der Waals surface area contributed by atoms with Crippen LogP contribution in [0.1, 0.15) is 11.3 Å². The summed E-state index contributed by atoms with van der Waals surface area (Å²) in [6.45, 7) is 0.481. The van der Waals surface area contributed by atoms with Gasteiger partial charge in [-0.05, 0) is 35.9 Å². The van der Waals surface area contributed by atoms with Crippen LogP contribution in [-0.2, 0) is 6.54 Å². The Labute approximate surface area is 152 Å². The highest BCUT2D eigenvalue weighted by Gasteiger charge is 2.10. The molecule has 0 aliphatic carbocycles. The number of carbonyl (C=O) groups is 1. The number of benzene rings is 1. The fraction of sp³-hybridized carbons (Fsp3) is 0.0588. The van der Waals surface area contributed by atoms with Crippen LogP contribution in [0.15, 0.2) is 53.8 Å². The van der Waals surface area contributed by atoms with E-state index in [0.717, 1.165) is 16.5 Å². The van der Waals surface area contributed by atoms with Crippen molar-refractivity contribution in [2.75, 3.05) is 0 Å². The topological polar surface area (TPSA) is 150 Å². The molecule has 4 rings (SSSR count). The maximum Gasteiger partial charge on any atom is 0.332 e. The second-order valence-corrected chi connectivity index (χ2v) is 5.79. The van der Waals surface area contributed by atoms with Crippen molar-refractivity contribution >= 4 is 33.9 Å². The number of aromatic nitrogens is 5. The summed E-state index contributed by atoms with van der Waals surface area (Å²) in [5.41, 5.74) is 16.4. The number of hydrogen-bond donors (Lipinski definition) is 3. The van der Waals surface area contributed by atoms with E-state index in [1.54, 1.807) is 23.0 Å². The van der Waals surface area contributed by atoms with E-state index >= 15 is 0 Å². The monoisotopic (exact) mass is 361 g/mol. The summed E-state index contributed by atoms with van der Waals surface area (Å²) < 4.78 is 1.67. The first kappa shape index (κ1) is 16.4. The number of urea groups is 1. The second kappa shape index (κ2) is 6.67. The number of hydrogen-bond acceptors (Lipinski definition) is 6. The number of nitrogens with two attached hydrogens (primary N) is 2. The maximum absolute atomic E-state index is 10.8. The highest BCUT2D eigenvalue weighted by molar-refractivity contribution is 5.97. The summed E-state index contributed by atoms with van der Waals surface area (Å²) in [6, 6.07) is 12.5. The molecular weight excluding hydrogens is 346 g/mol. The van der Waals surface area contributed by atoms with Gasteiger partial charge in [-0.2, -0.15) is 5.10 Å². The number of carbonyl (C=O) groups excluding carboxylic acids is 1. The van der Waals surface area contributed by atoms with Crippen LogP contribution in [0.25, 0.3) is 22.1 Å². The van der Waals surface area contributed by atoms with Gasteiger partial charge in [-0.1, -0.05) is 17.3 Å². The quantitative estimate of drug-likeness (QED) is 0.277. The van der Waals surface area contributed by atoms with Crippen LogP contribution in [-0.4, -0.2) is 36.8 Å².